The maximum atomic E-state index is 13.9. The van der Waals surface area contributed by atoms with Crippen LogP contribution in [-0.4, -0.2) is 6.54 Å². The molecule has 0 amide bonds. The van der Waals surface area contributed by atoms with Gasteiger partial charge < -0.3 is 5.32 Å². The topological polar surface area (TPSA) is 12.0 Å². The molecule has 0 aliphatic heterocycles. The summed E-state index contributed by atoms with van der Waals surface area (Å²) in [5.41, 5.74) is -0.802. The fourth-order valence-corrected chi connectivity index (χ4v) is 2.12. The molecular weight excluding hydrogens is 289 g/mol. The van der Waals surface area contributed by atoms with E-state index in [4.69, 9.17) is 0 Å². The molecule has 1 N–H and O–H groups in total. The van der Waals surface area contributed by atoms with Gasteiger partial charge in [-0.05, 0) is 24.7 Å². The third-order valence-electron chi connectivity index (χ3n) is 3.05. The van der Waals surface area contributed by atoms with Crippen LogP contribution in [0.4, 0.5) is 22.0 Å². The Bertz CT molecular complexity index is 637. The van der Waals surface area contributed by atoms with Crippen molar-refractivity contribution in [3.8, 4) is 0 Å². The molecule has 0 saturated carbocycles. The first-order valence-corrected chi connectivity index (χ1v) is 6.27. The molecule has 0 saturated heterocycles. The minimum absolute atomic E-state index is 0.247. The highest BCUT2D eigenvalue weighted by Crippen LogP contribution is 2.29. The van der Waals surface area contributed by atoms with E-state index >= 15 is 0 Å². The van der Waals surface area contributed by atoms with Crippen molar-refractivity contribution < 1.29 is 22.0 Å². The monoisotopic (exact) mass is 301 g/mol. The Hall–Kier alpha value is -1.95. The lowest BCUT2D eigenvalue weighted by molar-refractivity contribution is 0.468. The second-order valence-electron chi connectivity index (χ2n) is 4.41. The first kappa shape index (κ1) is 15.4. The molecule has 0 aliphatic carbocycles. The van der Waals surface area contributed by atoms with Crippen molar-refractivity contribution in [3.05, 3.63) is 70.5 Å². The molecule has 1 nitrogen and oxygen atoms in total. The van der Waals surface area contributed by atoms with E-state index in [9.17, 15) is 22.0 Å². The molecule has 21 heavy (non-hydrogen) atoms. The highest BCUT2D eigenvalue weighted by molar-refractivity contribution is 5.35. The predicted molar refractivity (Wildman–Crippen MR) is 68.2 cm³/mol. The third kappa shape index (κ3) is 3.05. The number of halogens is 5. The van der Waals surface area contributed by atoms with Crippen LogP contribution in [0.5, 0.6) is 0 Å². The average molecular weight is 301 g/mol. The maximum absolute atomic E-state index is 13.9. The Morgan fingerprint density at radius 3 is 2.00 bits per heavy atom. The Morgan fingerprint density at radius 1 is 0.857 bits per heavy atom. The molecule has 0 aliphatic rings. The maximum Gasteiger partial charge on any atom is 0.161 e. The molecule has 0 heterocycles. The molecule has 0 radical (unpaired) electrons. The molecule has 2 aromatic carbocycles. The van der Waals surface area contributed by atoms with Gasteiger partial charge in [-0.1, -0.05) is 13.0 Å². The Balaban J connectivity index is 2.62. The van der Waals surface area contributed by atoms with Gasteiger partial charge in [-0.15, -0.1) is 0 Å². The summed E-state index contributed by atoms with van der Waals surface area (Å²) in [5, 5.41) is 2.68. The van der Waals surface area contributed by atoms with Crippen LogP contribution in [0.2, 0.25) is 0 Å². The van der Waals surface area contributed by atoms with E-state index < -0.39 is 40.7 Å². The van der Waals surface area contributed by atoms with Gasteiger partial charge in [-0.3, -0.25) is 0 Å². The Morgan fingerprint density at radius 2 is 1.43 bits per heavy atom. The average Bonchev–Trinajstić information content (AvgIpc) is 2.42. The summed E-state index contributed by atoms with van der Waals surface area (Å²) in [6.45, 7) is 1.89. The van der Waals surface area contributed by atoms with Gasteiger partial charge in [-0.2, -0.15) is 0 Å². The van der Waals surface area contributed by atoms with Crippen LogP contribution < -0.4 is 5.32 Å². The van der Waals surface area contributed by atoms with E-state index in [1.54, 1.807) is 6.92 Å². The highest BCUT2D eigenvalue weighted by atomic mass is 19.2. The number of hydrogen-bond donors (Lipinski definition) is 1. The molecule has 1 atom stereocenters. The number of rotatable bonds is 4. The summed E-state index contributed by atoms with van der Waals surface area (Å²) in [5.74, 6) is -5.52. The lowest BCUT2D eigenvalue weighted by atomic mass is 9.96. The van der Waals surface area contributed by atoms with E-state index in [1.165, 1.54) is 6.07 Å². The van der Waals surface area contributed by atoms with Crippen molar-refractivity contribution in [2.45, 2.75) is 13.0 Å². The van der Waals surface area contributed by atoms with E-state index in [0.29, 0.717) is 12.1 Å². The van der Waals surface area contributed by atoms with E-state index in [1.807, 2.05) is 0 Å². The molecule has 0 fully saturated rings. The standard InChI is InChI=1S/C15H12F5N/c1-2-21-15(14-9(16)4-3-5-10(14)17)8-6-12(19)13(20)7-11(8)18/h3-7,15,21H,2H2,1H3. The van der Waals surface area contributed by atoms with Gasteiger partial charge in [0.15, 0.2) is 11.6 Å². The van der Waals surface area contributed by atoms with Crippen molar-refractivity contribution in [2.24, 2.45) is 0 Å². The zero-order chi connectivity index (χ0) is 15.6. The van der Waals surface area contributed by atoms with Crippen molar-refractivity contribution in [1.82, 2.24) is 5.32 Å². The van der Waals surface area contributed by atoms with Gasteiger partial charge >= 0.3 is 0 Å². The fraction of sp³-hybridized carbons (Fsp3) is 0.200. The van der Waals surface area contributed by atoms with E-state index in [0.717, 1.165) is 12.1 Å². The minimum Gasteiger partial charge on any atom is -0.306 e. The van der Waals surface area contributed by atoms with Gasteiger partial charge in [-0.25, -0.2) is 22.0 Å². The van der Waals surface area contributed by atoms with Gasteiger partial charge in [0, 0.05) is 17.2 Å². The molecule has 2 aromatic rings. The number of hydrogen-bond acceptors (Lipinski definition) is 1. The summed E-state index contributed by atoms with van der Waals surface area (Å²) in [4.78, 5) is 0. The van der Waals surface area contributed by atoms with Crippen molar-refractivity contribution in [1.29, 1.82) is 0 Å². The Kier molecular flexibility index (Phi) is 4.57. The van der Waals surface area contributed by atoms with Crippen LogP contribution in [0.3, 0.4) is 0 Å². The van der Waals surface area contributed by atoms with Crippen LogP contribution in [0.15, 0.2) is 30.3 Å². The quantitative estimate of drug-likeness (QED) is 0.663. The van der Waals surface area contributed by atoms with Gasteiger partial charge in [0.05, 0.1) is 6.04 Å². The number of benzene rings is 2. The van der Waals surface area contributed by atoms with Crippen LogP contribution in [0.1, 0.15) is 24.1 Å². The summed E-state index contributed by atoms with van der Waals surface area (Å²) in [6.07, 6.45) is 0. The molecule has 0 aromatic heterocycles. The van der Waals surface area contributed by atoms with Crippen molar-refractivity contribution >= 4 is 0 Å². The summed E-state index contributed by atoms with van der Waals surface area (Å²) in [6, 6.07) is 2.89. The predicted octanol–water partition coefficient (Wildman–Crippen LogP) is 4.08. The summed E-state index contributed by atoms with van der Waals surface area (Å²) < 4.78 is 67.9. The van der Waals surface area contributed by atoms with Crippen molar-refractivity contribution in [2.75, 3.05) is 6.54 Å². The largest absolute Gasteiger partial charge is 0.306 e. The first-order valence-electron chi connectivity index (χ1n) is 6.27. The molecular formula is C15H12F5N. The van der Waals surface area contributed by atoms with Crippen LogP contribution in [-0.2, 0) is 0 Å². The Labute approximate surface area is 118 Å². The zero-order valence-electron chi connectivity index (χ0n) is 11.1. The molecule has 0 bridgehead atoms. The second-order valence-corrected chi connectivity index (χ2v) is 4.41. The number of nitrogens with one attached hydrogen (secondary N) is 1. The van der Waals surface area contributed by atoms with Crippen LogP contribution >= 0.6 is 0 Å². The molecule has 2 rings (SSSR count). The smallest absolute Gasteiger partial charge is 0.161 e. The summed E-state index contributed by atoms with van der Waals surface area (Å²) in [7, 11) is 0. The van der Waals surface area contributed by atoms with Crippen LogP contribution in [0, 0.1) is 29.1 Å². The second kappa shape index (κ2) is 6.22. The SMILES string of the molecule is CCNC(c1cc(F)c(F)cc1F)c1c(F)cccc1F. The van der Waals surface area contributed by atoms with Gasteiger partial charge in [0.1, 0.15) is 17.5 Å². The molecule has 112 valence electrons. The molecule has 6 heteroatoms. The van der Waals surface area contributed by atoms with Crippen molar-refractivity contribution in [3.63, 3.8) is 0 Å². The fourth-order valence-electron chi connectivity index (χ4n) is 2.12. The molecule has 1 unspecified atom stereocenters. The highest BCUT2D eigenvalue weighted by Gasteiger charge is 2.25. The van der Waals surface area contributed by atoms with Gasteiger partial charge in [0.25, 0.3) is 0 Å². The minimum atomic E-state index is -1.36. The lowest BCUT2D eigenvalue weighted by Gasteiger charge is -2.21. The first-order chi connectivity index (χ1) is 9.95. The normalized spacial score (nSPS) is 12.5. The van der Waals surface area contributed by atoms with Gasteiger partial charge in [0.2, 0.25) is 0 Å². The summed E-state index contributed by atoms with van der Waals surface area (Å²) >= 11 is 0. The van der Waals surface area contributed by atoms with E-state index in [2.05, 4.69) is 5.32 Å². The lowest BCUT2D eigenvalue weighted by Crippen LogP contribution is -2.25. The molecule has 0 spiro atoms. The van der Waals surface area contributed by atoms with E-state index in [-0.39, 0.29) is 12.1 Å². The van der Waals surface area contributed by atoms with Crippen LogP contribution in [0.25, 0.3) is 0 Å². The third-order valence-corrected chi connectivity index (χ3v) is 3.05. The zero-order valence-corrected chi connectivity index (χ0v) is 11.1.